The number of aryl methyl sites for hydroxylation is 1. The second-order valence-corrected chi connectivity index (χ2v) is 4.53. The SMILES string of the molecule is COC(=O)C1(C(N)c2ccc(C)cc2)COC1. The van der Waals surface area contributed by atoms with Gasteiger partial charge in [-0.1, -0.05) is 29.8 Å². The van der Waals surface area contributed by atoms with Crippen LogP contribution in [-0.2, 0) is 14.3 Å². The molecule has 0 aliphatic carbocycles. The van der Waals surface area contributed by atoms with Gasteiger partial charge < -0.3 is 15.2 Å². The van der Waals surface area contributed by atoms with Gasteiger partial charge in [0.25, 0.3) is 0 Å². The maximum absolute atomic E-state index is 11.8. The molecule has 1 aliphatic heterocycles. The summed E-state index contributed by atoms with van der Waals surface area (Å²) in [5.41, 5.74) is 7.56. The van der Waals surface area contributed by atoms with Gasteiger partial charge in [-0.3, -0.25) is 4.79 Å². The van der Waals surface area contributed by atoms with E-state index in [1.807, 2.05) is 31.2 Å². The lowest BCUT2D eigenvalue weighted by molar-refractivity contribution is -0.188. The average Bonchev–Trinajstić information content (AvgIpc) is 2.28. The molecule has 0 saturated carbocycles. The zero-order valence-corrected chi connectivity index (χ0v) is 10.1. The van der Waals surface area contributed by atoms with Crippen LogP contribution in [0.1, 0.15) is 17.2 Å². The first-order valence-electron chi connectivity index (χ1n) is 5.58. The summed E-state index contributed by atoms with van der Waals surface area (Å²) < 4.78 is 9.97. The van der Waals surface area contributed by atoms with Gasteiger partial charge in [0.05, 0.1) is 26.4 Å². The first-order chi connectivity index (χ1) is 8.10. The van der Waals surface area contributed by atoms with E-state index in [4.69, 9.17) is 15.2 Å². The highest BCUT2D eigenvalue weighted by molar-refractivity contribution is 5.79. The zero-order chi connectivity index (χ0) is 12.5. The number of rotatable bonds is 3. The minimum Gasteiger partial charge on any atom is -0.468 e. The summed E-state index contributed by atoms with van der Waals surface area (Å²) in [6.07, 6.45) is 0. The quantitative estimate of drug-likeness (QED) is 0.799. The Morgan fingerprint density at radius 1 is 1.41 bits per heavy atom. The molecule has 1 unspecified atom stereocenters. The van der Waals surface area contributed by atoms with E-state index in [0.717, 1.165) is 11.1 Å². The third-order valence-electron chi connectivity index (χ3n) is 3.34. The van der Waals surface area contributed by atoms with Gasteiger partial charge >= 0.3 is 5.97 Å². The van der Waals surface area contributed by atoms with Gasteiger partial charge in [-0.25, -0.2) is 0 Å². The molecule has 1 fully saturated rings. The molecule has 1 aromatic carbocycles. The number of nitrogens with two attached hydrogens (primary N) is 1. The van der Waals surface area contributed by atoms with Crippen molar-refractivity contribution in [1.82, 2.24) is 0 Å². The van der Waals surface area contributed by atoms with Crippen molar-refractivity contribution < 1.29 is 14.3 Å². The van der Waals surface area contributed by atoms with Crippen LogP contribution in [0.5, 0.6) is 0 Å². The van der Waals surface area contributed by atoms with Crippen LogP contribution in [0.25, 0.3) is 0 Å². The number of esters is 1. The molecule has 4 nitrogen and oxygen atoms in total. The highest BCUT2D eigenvalue weighted by Crippen LogP contribution is 2.40. The summed E-state index contributed by atoms with van der Waals surface area (Å²) in [7, 11) is 1.38. The lowest BCUT2D eigenvalue weighted by Crippen LogP contribution is -2.56. The maximum atomic E-state index is 11.8. The van der Waals surface area contributed by atoms with Crippen LogP contribution in [0, 0.1) is 12.3 Å². The highest BCUT2D eigenvalue weighted by atomic mass is 16.5. The van der Waals surface area contributed by atoms with Crippen LogP contribution >= 0.6 is 0 Å². The number of ether oxygens (including phenoxy) is 2. The Hall–Kier alpha value is -1.39. The molecule has 0 spiro atoms. The number of carbonyl (C=O) groups excluding carboxylic acids is 1. The molecule has 92 valence electrons. The van der Waals surface area contributed by atoms with Crippen molar-refractivity contribution in [3.8, 4) is 0 Å². The molecule has 0 aromatic heterocycles. The third-order valence-corrected chi connectivity index (χ3v) is 3.34. The van der Waals surface area contributed by atoms with Gasteiger partial charge in [0.15, 0.2) is 0 Å². The fourth-order valence-corrected chi connectivity index (χ4v) is 2.04. The summed E-state index contributed by atoms with van der Waals surface area (Å²) in [6.45, 7) is 2.67. The van der Waals surface area contributed by atoms with Crippen molar-refractivity contribution in [1.29, 1.82) is 0 Å². The number of carbonyl (C=O) groups is 1. The van der Waals surface area contributed by atoms with E-state index in [1.165, 1.54) is 7.11 Å². The highest BCUT2D eigenvalue weighted by Gasteiger charge is 2.52. The number of hydrogen-bond acceptors (Lipinski definition) is 4. The normalized spacial score (nSPS) is 19.2. The molecule has 1 heterocycles. The van der Waals surface area contributed by atoms with E-state index in [2.05, 4.69) is 0 Å². The number of methoxy groups -OCH3 is 1. The van der Waals surface area contributed by atoms with Crippen molar-refractivity contribution in [2.45, 2.75) is 13.0 Å². The summed E-state index contributed by atoms with van der Waals surface area (Å²) in [4.78, 5) is 11.8. The van der Waals surface area contributed by atoms with E-state index in [0.29, 0.717) is 13.2 Å². The van der Waals surface area contributed by atoms with E-state index in [9.17, 15) is 4.79 Å². The van der Waals surface area contributed by atoms with Gasteiger partial charge in [-0.05, 0) is 12.5 Å². The van der Waals surface area contributed by atoms with Crippen molar-refractivity contribution in [3.05, 3.63) is 35.4 Å². The van der Waals surface area contributed by atoms with Crippen LogP contribution in [0.4, 0.5) is 0 Å². The summed E-state index contributed by atoms with van der Waals surface area (Å²) in [5, 5.41) is 0. The smallest absolute Gasteiger partial charge is 0.318 e. The van der Waals surface area contributed by atoms with E-state index in [-0.39, 0.29) is 12.0 Å². The average molecular weight is 235 g/mol. The molecule has 1 aromatic rings. The molecule has 1 atom stereocenters. The predicted octanol–water partition coefficient (Wildman–Crippen LogP) is 1.18. The van der Waals surface area contributed by atoms with Gasteiger partial charge in [-0.15, -0.1) is 0 Å². The molecule has 0 amide bonds. The zero-order valence-electron chi connectivity index (χ0n) is 10.1. The van der Waals surface area contributed by atoms with Gasteiger partial charge in [0.1, 0.15) is 5.41 Å². The standard InChI is InChI=1S/C13H17NO3/c1-9-3-5-10(6-4-9)11(14)13(7-17-8-13)12(15)16-2/h3-6,11H,7-8,14H2,1-2H3. The minimum atomic E-state index is -0.718. The maximum Gasteiger partial charge on any atom is 0.318 e. The van der Waals surface area contributed by atoms with E-state index < -0.39 is 5.41 Å². The van der Waals surface area contributed by atoms with Gasteiger partial charge in [0.2, 0.25) is 0 Å². The van der Waals surface area contributed by atoms with Crippen molar-refractivity contribution in [2.75, 3.05) is 20.3 Å². The molecule has 17 heavy (non-hydrogen) atoms. The van der Waals surface area contributed by atoms with Crippen LogP contribution in [0.15, 0.2) is 24.3 Å². The molecule has 2 N–H and O–H groups in total. The lowest BCUT2D eigenvalue weighted by atomic mass is 9.75. The number of hydrogen-bond donors (Lipinski definition) is 1. The van der Waals surface area contributed by atoms with Crippen LogP contribution in [-0.4, -0.2) is 26.3 Å². The molecule has 0 radical (unpaired) electrons. The number of benzene rings is 1. The Morgan fingerprint density at radius 2 is 2.00 bits per heavy atom. The molecule has 2 rings (SSSR count). The second kappa shape index (κ2) is 4.47. The first-order valence-corrected chi connectivity index (χ1v) is 5.58. The largest absolute Gasteiger partial charge is 0.468 e. The Kier molecular flexibility index (Phi) is 3.17. The van der Waals surface area contributed by atoms with E-state index in [1.54, 1.807) is 0 Å². The van der Waals surface area contributed by atoms with Crippen LogP contribution in [0.3, 0.4) is 0 Å². The third kappa shape index (κ3) is 1.94. The van der Waals surface area contributed by atoms with E-state index >= 15 is 0 Å². The monoisotopic (exact) mass is 235 g/mol. The molecule has 1 saturated heterocycles. The van der Waals surface area contributed by atoms with Crippen LogP contribution in [0.2, 0.25) is 0 Å². The topological polar surface area (TPSA) is 61.5 Å². The van der Waals surface area contributed by atoms with Gasteiger partial charge in [0, 0.05) is 0 Å². The van der Waals surface area contributed by atoms with Crippen molar-refractivity contribution in [3.63, 3.8) is 0 Å². The first kappa shape index (κ1) is 12.1. The molecular weight excluding hydrogens is 218 g/mol. The van der Waals surface area contributed by atoms with Crippen LogP contribution < -0.4 is 5.73 Å². The summed E-state index contributed by atoms with van der Waals surface area (Å²) in [5.74, 6) is -0.295. The molecule has 0 bridgehead atoms. The molecule has 4 heteroatoms. The van der Waals surface area contributed by atoms with Gasteiger partial charge in [-0.2, -0.15) is 0 Å². The summed E-state index contributed by atoms with van der Waals surface area (Å²) in [6, 6.07) is 7.48. The van der Waals surface area contributed by atoms with Crippen molar-refractivity contribution >= 4 is 5.97 Å². The predicted molar refractivity (Wildman–Crippen MR) is 63.4 cm³/mol. The lowest BCUT2D eigenvalue weighted by Gasteiger charge is -2.42. The fraction of sp³-hybridized carbons (Fsp3) is 0.462. The minimum absolute atomic E-state index is 0.295. The second-order valence-electron chi connectivity index (χ2n) is 4.53. The Labute approximate surface area is 101 Å². The van der Waals surface area contributed by atoms with Crippen molar-refractivity contribution in [2.24, 2.45) is 11.1 Å². The molecule has 1 aliphatic rings. The molecular formula is C13H17NO3. The Morgan fingerprint density at radius 3 is 2.41 bits per heavy atom. The fourth-order valence-electron chi connectivity index (χ4n) is 2.04. The Bertz CT molecular complexity index is 409. The summed E-state index contributed by atoms with van der Waals surface area (Å²) >= 11 is 0. The Balaban J connectivity index is 2.26.